The van der Waals surface area contributed by atoms with Crippen LogP contribution in [-0.2, 0) is 13.1 Å². The molecule has 0 saturated heterocycles. The number of rotatable bonds is 8. The Morgan fingerprint density at radius 2 is 1.92 bits per heavy atom. The van der Waals surface area contributed by atoms with Crippen molar-refractivity contribution in [3.05, 3.63) is 54.4 Å². The SMILES string of the molecule is COc1cc(N(C)CCN(C)C)c(N)cc1Nc1nccc(-c2c3n(c4ccccc24)CC(C)N(C)C3)n1. The van der Waals surface area contributed by atoms with Crippen LogP contribution in [0.15, 0.2) is 48.7 Å². The lowest BCUT2D eigenvalue weighted by molar-refractivity contribution is 0.195. The van der Waals surface area contributed by atoms with Crippen molar-refractivity contribution in [2.45, 2.75) is 26.1 Å². The van der Waals surface area contributed by atoms with Gasteiger partial charge in [0.1, 0.15) is 5.75 Å². The molecule has 1 atom stereocenters. The molecule has 0 aliphatic carbocycles. The van der Waals surface area contributed by atoms with Crippen molar-refractivity contribution in [3.63, 3.8) is 0 Å². The summed E-state index contributed by atoms with van der Waals surface area (Å²) < 4.78 is 8.17. The summed E-state index contributed by atoms with van der Waals surface area (Å²) in [5.74, 6) is 1.18. The summed E-state index contributed by atoms with van der Waals surface area (Å²) in [4.78, 5) is 16.2. The minimum atomic E-state index is 0.469. The first-order valence-electron chi connectivity index (χ1n) is 13.0. The van der Waals surface area contributed by atoms with E-state index in [1.54, 1.807) is 13.3 Å². The Morgan fingerprint density at radius 3 is 2.68 bits per heavy atom. The van der Waals surface area contributed by atoms with E-state index in [-0.39, 0.29) is 0 Å². The molecule has 0 spiro atoms. The van der Waals surface area contributed by atoms with Crippen LogP contribution >= 0.6 is 0 Å². The summed E-state index contributed by atoms with van der Waals surface area (Å²) in [5.41, 5.74) is 13.4. The van der Waals surface area contributed by atoms with Crippen LogP contribution < -0.4 is 20.7 Å². The van der Waals surface area contributed by atoms with Gasteiger partial charge in [0.25, 0.3) is 0 Å². The van der Waals surface area contributed by atoms with Gasteiger partial charge in [-0.1, -0.05) is 18.2 Å². The molecule has 0 amide bonds. The van der Waals surface area contributed by atoms with Gasteiger partial charge >= 0.3 is 0 Å². The van der Waals surface area contributed by atoms with Crippen LogP contribution in [0.3, 0.4) is 0 Å². The second kappa shape index (κ2) is 10.5. The van der Waals surface area contributed by atoms with Crippen molar-refractivity contribution < 1.29 is 4.74 Å². The average molecular weight is 515 g/mol. The molecule has 38 heavy (non-hydrogen) atoms. The third-order valence-corrected chi connectivity index (χ3v) is 7.48. The Kier molecular flexibility index (Phi) is 7.14. The summed E-state index contributed by atoms with van der Waals surface area (Å²) in [6.07, 6.45) is 1.80. The number of hydrogen-bond acceptors (Lipinski definition) is 8. The van der Waals surface area contributed by atoms with Crippen LogP contribution in [-0.4, -0.2) is 78.8 Å². The van der Waals surface area contributed by atoms with E-state index in [0.29, 0.717) is 23.4 Å². The molecular formula is C29H38N8O. The molecule has 0 saturated carbocycles. The summed E-state index contributed by atoms with van der Waals surface area (Å²) in [6, 6.07) is 14.9. The lowest BCUT2D eigenvalue weighted by Crippen LogP contribution is -2.38. The highest BCUT2D eigenvalue weighted by molar-refractivity contribution is 5.97. The number of methoxy groups -OCH3 is 1. The van der Waals surface area contributed by atoms with Gasteiger partial charge in [0, 0.05) is 73.7 Å². The summed E-state index contributed by atoms with van der Waals surface area (Å²) in [6.45, 7) is 5.86. The van der Waals surface area contributed by atoms with Gasteiger partial charge in [-0.25, -0.2) is 9.97 Å². The Labute approximate surface area is 224 Å². The lowest BCUT2D eigenvalue weighted by Gasteiger charge is -2.32. The second-order valence-corrected chi connectivity index (χ2v) is 10.4. The number of ether oxygens (including phenoxy) is 1. The number of nitrogens with zero attached hydrogens (tertiary/aromatic N) is 6. The smallest absolute Gasteiger partial charge is 0.227 e. The highest BCUT2D eigenvalue weighted by Crippen LogP contribution is 2.39. The molecule has 1 aliphatic rings. The zero-order chi connectivity index (χ0) is 27.0. The van der Waals surface area contributed by atoms with E-state index < -0.39 is 0 Å². The first-order valence-corrected chi connectivity index (χ1v) is 13.0. The molecule has 2 aromatic heterocycles. The summed E-state index contributed by atoms with van der Waals surface area (Å²) >= 11 is 0. The van der Waals surface area contributed by atoms with Gasteiger partial charge in [0.15, 0.2) is 0 Å². The maximum atomic E-state index is 6.48. The predicted molar refractivity (Wildman–Crippen MR) is 156 cm³/mol. The Bertz CT molecular complexity index is 1450. The maximum absolute atomic E-state index is 6.48. The second-order valence-electron chi connectivity index (χ2n) is 10.4. The fourth-order valence-corrected chi connectivity index (χ4v) is 5.14. The van der Waals surface area contributed by atoms with Crippen LogP contribution in [0.25, 0.3) is 22.2 Å². The molecule has 0 bridgehead atoms. The normalized spacial score (nSPS) is 15.6. The number of aromatic nitrogens is 3. The highest BCUT2D eigenvalue weighted by atomic mass is 16.5. The minimum Gasteiger partial charge on any atom is -0.494 e. The summed E-state index contributed by atoms with van der Waals surface area (Å²) in [7, 11) is 10.00. The molecule has 0 radical (unpaired) electrons. The van der Waals surface area contributed by atoms with Gasteiger partial charge in [0.2, 0.25) is 5.95 Å². The van der Waals surface area contributed by atoms with Gasteiger partial charge in [-0.05, 0) is 46.3 Å². The maximum Gasteiger partial charge on any atom is 0.227 e. The molecule has 9 heteroatoms. The lowest BCUT2D eigenvalue weighted by atomic mass is 10.1. The predicted octanol–water partition coefficient (Wildman–Crippen LogP) is 4.26. The largest absolute Gasteiger partial charge is 0.494 e. The number of hydrogen-bond donors (Lipinski definition) is 2. The van der Waals surface area contributed by atoms with Crippen molar-refractivity contribution in [3.8, 4) is 17.0 Å². The van der Waals surface area contributed by atoms with E-state index >= 15 is 0 Å². The zero-order valence-electron chi connectivity index (χ0n) is 23.2. The average Bonchev–Trinajstić information content (AvgIpc) is 3.21. The van der Waals surface area contributed by atoms with E-state index in [1.807, 2.05) is 25.2 Å². The fourth-order valence-electron chi connectivity index (χ4n) is 5.14. The van der Waals surface area contributed by atoms with E-state index in [0.717, 1.165) is 48.8 Å². The minimum absolute atomic E-state index is 0.469. The molecule has 0 fully saturated rings. The number of benzene rings is 2. The Morgan fingerprint density at radius 1 is 1.13 bits per heavy atom. The molecule has 2 aromatic carbocycles. The van der Waals surface area contributed by atoms with Crippen molar-refractivity contribution >= 4 is 33.9 Å². The first kappa shape index (κ1) is 25.8. The quantitative estimate of drug-likeness (QED) is 0.337. The molecule has 1 aliphatic heterocycles. The van der Waals surface area contributed by atoms with Gasteiger partial charge in [-0.2, -0.15) is 0 Å². The third kappa shape index (κ3) is 4.87. The van der Waals surface area contributed by atoms with Crippen molar-refractivity contribution in [2.24, 2.45) is 0 Å². The van der Waals surface area contributed by atoms with Crippen LogP contribution in [0.1, 0.15) is 12.6 Å². The van der Waals surface area contributed by atoms with Gasteiger partial charge in [-0.15, -0.1) is 0 Å². The number of fused-ring (bicyclic) bond motifs is 3. The number of nitrogens with one attached hydrogen (secondary N) is 1. The fraction of sp³-hybridized carbons (Fsp3) is 0.379. The number of anilines is 4. The van der Waals surface area contributed by atoms with Crippen LogP contribution in [0.2, 0.25) is 0 Å². The molecule has 9 nitrogen and oxygen atoms in total. The standard InChI is InChI=1S/C29H38N8O/c1-19-17-37-24-10-8-7-9-20(24)28(26(37)18-36(19)5)22-11-12-31-29(32-22)33-23-15-21(30)25(16-27(23)38-6)35(4)14-13-34(2)3/h7-12,15-16,19H,13-14,17-18,30H2,1-6H3,(H,31,32,33). The number of para-hydroxylation sites is 1. The van der Waals surface area contributed by atoms with Gasteiger partial charge in [0.05, 0.1) is 29.9 Å². The highest BCUT2D eigenvalue weighted by Gasteiger charge is 2.27. The third-order valence-electron chi connectivity index (χ3n) is 7.48. The molecule has 5 rings (SSSR count). The van der Waals surface area contributed by atoms with Crippen LogP contribution in [0, 0.1) is 0 Å². The van der Waals surface area contributed by atoms with E-state index in [1.165, 1.54) is 16.6 Å². The van der Waals surface area contributed by atoms with E-state index in [2.05, 4.69) is 81.9 Å². The molecule has 4 aromatic rings. The van der Waals surface area contributed by atoms with Crippen molar-refractivity contribution in [1.29, 1.82) is 0 Å². The van der Waals surface area contributed by atoms with Gasteiger partial charge < -0.3 is 30.2 Å². The van der Waals surface area contributed by atoms with E-state index in [4.69, 9.17) is 15.5 Å². The van der Waals surface area contributed by atoms with Crippen molar-refractivity contribution in [2.75, 3.05) is 64.3 Å². The molecule has 200 valence electrons. The number of nitrogen functional groups attached to an aromatic ring is 1. The number of likely N-dealkylation sites (N-methyl/N-ethyl adjacent to an activating group) is 3. The van der Waals surface area contributed by atoms with E-state index in [9.17, 15) is 0 Å². The van der Waals surface area contributed by atoms with Crippen molar-refractivity contribution in [1.82, 2.24) is 24.3 Å². The Hall–Kier alpha value is -3.82. The zero-order valence-corrected chi connectivity index (χ0v) is 23.2. The Balaban J connectivity index is 1.50. The number of nitrogens with two attached hydrogens (primary N) is 1. The first-order chi connectivity index (χ1) is 18.3. The molecule has 3 N–H and O–H groups in total. The summed E-state index contributed by atoms with van der Waals surface area (Å²) in [5, 5.41) is 4.57. The molecular weight excluding hydrogens is 476 g/mol. The van der Waals surface area contributed by atoms with Crippen LogP contribution in [0.4, 0.5) is 23.0 Å². The van der Waals surface area contributed by atoms with Crippen LogP contribution in [0.5, 0.6) is 5.75 Å². The topological polar surface area (TPSA) is 87.7 Å². The monoisotopic (exact) mass is 514 g/mol. The van der Waals surface area contributed by atoms with Gasteiger partial charge in [-0.3, -0.25) is 4.90 Å². The molecule has 3 heterocycles. The molecule has 1 unspecified atom stereocenters.